The Morgan fingerprint density at radius 3 is 1.62 bits per heavy atom. The van der Waals surface area contributed by atoms with Crippen molar-refractivity contribution in [2.75, 3.05) is 0 Å². The molecule has 0 saturated heterocycles. The standard InChI is InChI=1S/C20H14Br2S.2ClH.Zr/c1-11-7-13-15(9-11)19(5-3-17(13)21)23-20-6-4-18(22)14-8-12(2)10-16(14)20;;;/h3-10H,1-2H3;2*1H;/q;;;+2/p-2. The van der Waals surface area contributed by atoms with Crippen molar-refractivity contribution >= 4 is 55.8 Å². The summed E-state index contributed by atoms with van der Waals surface area (Å²) < 4.78 is 3.94. The zero-order valence-electron chi connectivity index (χ0n) is 14.0. The third-order valence-corrected chi connectivity index (χ3v) is 13.0. The molecule has 5 rings (SSSR count). The zero-order chi connectivity index (χ0) is 16.6. The van der Waals surface area contributed by atoms with E-state index in [1.54, 1.807) is 22.3 Å². The molecule has 132 valence electrons. The smallest absolute Gasteiger partial charge is 1.00 e. The van der Waals surface area contributed by atoms with E-state index in [-0.39, 0.29) is 24.8 Å². The molecule has 3 aliphatic rings. The Labute approximate surface area is 199 Å². The molecule has 2 unspecified atom stereocenters. The average Bonchev–Trinajstić information content (AvgIpc) is 3.04. The minimum Gasteiger partial charge on any atom is -1.00 e. The second-order valence-corrected chi connectivity index (χ2v) is 13.1. The van der Waals surface area contributed by atoms with E-state index in [1.165, 1.54) is 29.9 Å². The van der Waals surface area contributed by atoms with Crippen LogP contribution in [0.5, 0.6) is 0 Å². The van der Waals surface area contributed by atoms with Crippen LogP contribution in [0.3, 0.4) is 0 Å². The fraction of sp³-hybridized carbons (Fsp3) is 0.200. The number of rotatable bonds is 0. The molecule has 2 aliphatic carbocycles. The minimum absolute atomic E-state index is 0. The average molecular weight is 608 g/mol. The first-order valence-electron chi connectivity index (χ1n) is 7.99. The van der Waals surface area contributed by atoms with E-state index < -0.39 is 23.2 Å². The largest absolute Gasteiger partial charge is 1.00 e. The van der Waals surface area contributed by atoms with Crippen molar-refractivity contribution < 1.29 is 48.0 Å². The molecule has 2 atom stereocenters. The van der Waals surface area contributed by atoms with Crippen molar-refractivity contribution in [3.8, 4) is 0 Å². The van der Waals surface area contributed by atoms with E-state index in [1.807, 2.05) is 11.8 Å². The van der Waals surface area contributed by atoms with Gasteiger partial charge in [0.1, 0.15) is 0 Å². The van der Waals surface area contributed by atoms with E-state index in [2.05, 4.69) is 82.1 Å². The number of benzene rings is 2. The van der Waals surface area contributed by atoms with Crippen molar-refractivity contribution in [2.24, 2.45) is 0 Å². The molecule has 0 fully saturated rings. The summed E-state index contributed by atoms with van der Waals surface area (Å²) in [5.74, 6) is 0. The Kier molecular flexibility index (Phi) is 6.46. The first kappa shape index (κ1) is 21.4. The van der Waals surface area contributed by atoms with Crippen LogP contribution < -0.4 is 24.8 Å². The SMILES string of the molecule is CC1=Cc2c3ccc(Br)c2[CH]1[Zr+2][CH]1C(C)=Cc2c(ccc(Br)c21)S3.[Cl-].[Cl-]. The fourth-order valence-corrected chi connectivity index (χ4v) is 12.2. The van der Waals surface area contributed by atoms with Crippen molar-refractivity contribution in [1.82, 2.24) is 0 Å². The van der Waals surface area contributed by atoms with Crippen molar-refractivity contribution in [2.45, 2.75) is 30.9 Å². The molecule has 2 aromatic rings. The molecule has 0 radical (unpaired) electrons. The number of hydrogen-bond donors (Lipinski definition) is 0. The molecule has 0 saturated carbocycles. The van der Waals surface area contributed by atoms with Crippen molar-refractivity contribution in [1.29, 1.82) is 0 Å². The summed E-state index contributed by atoms with van der Waals surface area (Å²) in [5, 5.41) is 0. The van der Waals surface area contributed by atoms with Gasteiger partial charge in [0, 0.05) is 0 Å². The van der Waals surface area contributed by atoms with E-state index in [4.69, 9.17) is 0 Å². The maximum atomic E-state index is 3.85. The summed E-state index contributed by atoms with van der Waals surface area (Å²) in [6.45, 7) is 4.67. The third-order valence-electron chi connectivity index (χ3n) is 5.17. The molecule has 8 bridgehead atoms. The number of halogens is 4. The molecule has 0 N–H and O–H groups in total. The molecular formula is C20H14Br2Cl2SZr. The van der Waals surface area contributed by atoms with Gasteiger partial charge in [0.25, 0.3) is 0 Å². The quantitative estimate of drug-likeness (QED) is 0.436. The molecule has 1 aliphatic heterocycles. The molecule has 0 spiro atoms. The Hall–Kier alpha value is 0.693. The summed E-state index contributed by atoms with van der Waals surface area (Å²) in [6, 6.07) is 9.08. The van der Waals surface area contributed by atoms with Crippen LogP contribution in [0, 0.1) is 0 Å². The second kappa shape index (κ2) is 7.84. The van der Waals surface area contributed by atoms with Crippen LogP contribution in [0.2, 0.25) is 0 Å². The summed E-state index contributed by atoms with van der Waals surface area (Å²) >= 11 is 8.90. The molecule has 0 nitrogen and oxygen atoms in total. The third kappa shape index (κ3) is 3.12. The summed E-state index contributed by atoms with van der Waals surface area (Å²) in [6.07, 6.45) is 4.91. The molecule has 6 heteroatoms. The monoisotopic (exact) mass is 604 g/mol. The summed E-state index contributed by atoms with van der Waals surface area (Å²) in [7, 11) is 0. The summed E-state index contributed by atoms with van der Waals surface area (Å²) in [4.78, 5) is 2.80. The van der Waals surface area contributed by atoms with Crippen LogP contribution in [0.4, 0.5) is 0 Å². The van der Waals surface area contributed by atoms with Gasteiger partial charge < -0.3 is 24.8 Å². The van der Waals surface area contributed by atoms with E-state index in [0.29, 0.717) is 7.25 Å². The van der Waals surface area contributed by atoms with Crippen LogP contribution in [-0.2, 0) is 23.2 Å². The van der Waals surface area contributed by atoms with Gasteiger partial charge in [-0.15, -0.1) is 0 Å². The van der Waals surface area contributed by atoms with Crippen LogP contribution in [0.25, 0.3) is 12.2 Å². The van der Waals surface area contributed by atoms with E-state index in [0.717, 1.165) is 0 Å². The van der Waals surface area contributed by atoms with Gasteiger partial charge in [0.2, 0.25) is 0 Å². The number of hydrogen-bond acceptors (Lipinski definition) is 1. The van der Waals surface area contributed by atoms with Gasteiger partial charge in [-0.1, -0.05) is 0 Å². The van der Waals surface area contributed by atoms with Gasteiger partial charge >= 0.3 is 177 Å². The first-order chi connectivity index (χ1) is 11.5. The van der Waals surface area contributed by atoms with E-state index in [9.17, 15) is 0 Å². The van der Waals surface area contributed by atoms with Crippen LogP contribution in [0.15, 0.2) is 54.1 Å². The molecule has 0 aromatic heterocycles. The molecular weight excluding hydrogens is 594 g/mol. The summed E-state index contributed by atoms with van der Waals surface area (Å²) in [5.41, 5.74) is 9.19. The topological polar surface area (TPSA) is 0 Å². The molecule has 0 amide bonds. The van der Waals surface area contributed by atoms with Gasteiger partial charge in [-0.2, -0.15) is 0 Å². The van der Waals surface area contributed by atoms with Crippen molar-refractivity contribution in [3.63, 3.8) is 0 Å². The first-order valence-corrected chi connectivity index (χ1v) is 13.2. The normalized spacial score (nSPS) is 20.8. The fourth-order valence-electron chi connectivity index (χ4n) is 4.03. The predicted molar refractivity (Wildman–Crippen MR) is 105 cm³/mol. The maximum absolute atomic E-state index is 3.85. The van der Waals surface area contributed by atoms with Gasteiger partial charge in [-0.3, -0.25) is 0 Å². The van der Waals surface area contributed by atoms with E-state index >= 15 is 0 Å². The Morgan fingerprint density at radius 1 is 0.769 bits per heavy atom. The van der Waals surface area contributed by atoms with Gasteiger partial charge in [0.15, 0.2) is 0 Å². The van der Waals surface area contributed by atoms with Crippen molar-refractivity contribution in [3.05, 3.63) is 66.6 Å². The van der Waals surface area contributed by atoms with Gasteiger partial charge in [-0.25, -0.2) is 0 Å². The predicted octanol–water partition coefficient (Wildman–Crippen LogP) is 1.38. The van der Waals surface area contributed by atoms with Crippen LogP contribution in [0.1, 0.15) is 43.4 Å². The Balaban J connectivity index is 0.000000980. The molecule has 26 heavy (non-hydrogen) atoms. The minimum atomic E-state index is -0.730. The number of allylic oxidation sites excluding steroid dienone is 2. The second-order valence-electron chi connectivity index (χ2n) is 6.66. The van der Waals surface area contributed by atoms with Gasteiger partial charge in [-0.05, 0) is 0 Å². The molecule has 2 aromatic carbocycles. The molecule has 1 heterocycles. The van der Waals surface area contributed by atoms with Gasteiger partial charge in [0.05, 0.1) is 0 Å². The Morgan fingerprint density at radius 2 is 1.19 bits per heavy atom. The zero-order valence-corrected chi connectivity index (χ0v) is 22.0. The van der Waals surface area contributed by atoms with Crippen LogP contribution in [-0.4, -0.2) is 0 Å². The van der Waals surface area contributed by atoms with Crippen LogP contribution >= 0.6 is 43.6 Å². The maximum Gasteiger partial charge on any atom is -1.00 e. The Bertz CT molecular complexity index is 907.